The first-order valence-corrected chi connectivity index (χ1v) is 16.8. The van der Waals surface area contributed by atoms with Gasteiger partial charge in [0.15, 0.2) is 6.10 Å². The first-order valence-electron chi connectivity index (χ1n) is 16.8. The summed E-state index contributed by atoms with van der Waals surface area (Å²) in [5.74, 6) is -1.28. The molecule has 7 nitrogen and oxygen atoms in total. The fourth-order valence-electron chi connectivity index (χ4n) is 6.35. The fraction of sp³-hybridized carbons (Fsp3) is 0.262. The van der Waals surface area contributed by atoms with Crippen LogP contribution >= 0.6 is 0 Å². The van der Waals surface area contributed by atoms with Gasteiger partial charge in [-0.05, 0) is 27.8 Å². The number of oxime groups is 1. The van der Waals surface area contributed by atoms with Gasteiger partial charge in [0, 0.05) is 0 Å². The van der Waals surface area contributed by atoms with E-state index in [4.69, 9.17) is 28.5 Å². The highest BCUT2D eigenvalue weighted by Gasteiger charge is 2.61. The molecule has 0 N–H and O–H groups in total. The van der Waals surface area contributed by atoms with Crippen molar-refractivity contribution in [3.05, 3.63) is 179 Å². The topological polar surface area (TPSA) is 67.7 Å². The molecule has 0 unspecified atom stereocenters. The van der Waals surface area contributed by atoms with Crippen LogP contribution in [-0.4, -0.2) is 42.5 Å². The van der Waals surface area contributed by atoms with E-state index in [0.29, 0.717) is 32.8 Å². The SMILES string of the molecule is c1ccc(COC[C@H]2O[C@@]3(CC(c4ccccc4)=NO3)[C@H](OCc3ccccc3)[C@@H](OCc3ccccc3)[C@@H]2OCc2ccccc2)cc1. The molecular weight excluding hydrogens is 614 g/mol. The molecule has 2 aliphatic rings. The standard InChI is InChI=1S/C42H41NO6/c1-6-16-32(17-7-1)27-44-31-38-39(45-28-33-18-8-2-9-19-33)40(46-29-34-20-10-3-11-21-34)41(47-30-35-22-12-4-13-23-35)42(48-38)26-37(43-49-42)36-24-14-5-15-25-36/h1-25,38-41H,26-31H2/t38-,39-,40+,41-,42-/m1/s1. The molecule has 0 radical (unpaired) electrons. The first kappa shape index (κ1) is 32.9. The van der Waals surface area contributed by atoms with Crippen molar-refractivity contribution in [1.82, 2.24) is 0 Å². The van der Waals surface area contributed by atoms with Crippen LogP contribution < -0.4 is 0 Å². The van der Waals surface area contributed by atoms with Crippen LogP contribution in [0.25, 0.3) is 0 Å². The molecule has 7 rings (SSSR count). The number of hydrogen-bond donors (Lipinski definition) is 0. The van der Waals surface area contributed by atoms with Gasteiger partial charge in [0.05, 0.1) is 45.2 Å². The highest BCUT2D eigenvalue weighted by Crippen LogP contribution is 2.43. The molecule has 0 saturated carbocycles. The lowest BCUT2D eigenvalue weighted by Gasteiger charge is -2.49. The number of hydrogen-bond acceptors (Lipinski definition) is 7. The molecule has 250 valence electrons. The molecule has 5 aromatic carbocycles. The van der Waals surface area contributed by atoms with Crippen LogP contribution in [0.5, 0.6) is 0 Å². The minimum absolute atomic E-state index is 0.247. The Morgan fingerprint density at radius 2 is 0.980 bits per heavy atom. The summed E-state index contributed by atoms with van der Waals surface area (Å²) in [6.45, 7) is 1.71. The predicted molar refractivity (Wildman–Crippen MR) is 187 cm³/mol. The van der Waals surface area contributed by atoms with Gasteiger partial charge in [0.2, 0.25) is 0 Å². The van der Waals surface area contributed by atoms with E-state index in [9.17, 15) is 0 Å². The number of benzene rings is 5. The van der Waals surface area contributed by atoms with Gasteiger partial charge >= 0.3 is 0 Å². The maximum atomic E-state index is 7.02. The van der Waals surface area contributed by atoms with Crippen molar-refractivity contribution in [2.75, 3.05) is 6.61 Å². The van der Waals surface area contributed by atoms with Crippen LogP contribution in [-0.2, 0) is 54.9 Å². The second kappa shape index (κ2) is 16.2. The van der Waals surface area contributed by atoms with Gasteiger partial charge in [-0.3, -0.25) is 0 Å². The Morgan fingerprint density at radius 1 is 0.531 bits per heavy atom. The maximum absolute atomic E-state index is 7.02. The third-order valence-corrected chi connectivity index (χ3v) is 8.84. The summed E-state index contributed by atoms with van der Waals surface area (Å²) in [6, 6.07) is 50.5. The molecule has 2 heterocycles. The third kappa shape index (κ3) is 8.33. The van der Waals surface area contributed by atoms with Crippen LogP contribution in [0.4, 0.5) is 0 Å². The molecule has 1 fully saturated rings. The minimum Gasteiger partial charge on any atom is -0.374 e. The highest BCUT2D eigenvalue weighted by atomic mass is 16.8. The fourth-order valence-corrected chi connectivity index (χ4v) is 6.35. The molecule has 49 heavy (non-hydrogen) atoms. The van der Waals surface area contributed by atoms with E-state index in [-0.39, 0.29) is 6.61 Å². The van der Waals surface area contributed by atoms with E-state index < -0.39 is 30.2 Å². The van der Waals surface area contributed by atoms with E-state index in [1.807, 2.05) is 127 Å². The van der Waals surface area contributed by atoms with E-state index in [1.54, 1.807) is 0 Å². The molecule has 1 spiro atoms. The van der Waals surface area contributed by atoms with Crippen molar-refractivity contribution in [3.8, 4) is 0 Å². The van der Waals surface area contributed by atoms with Crippen molar-refractivity contribution in [1.29, 1.82) is 0 Å². The normalized spacial score (nSPS) is 23.2. The van der Waals surface area contributed by atoms with Crippen molar-refractivity contribution in [2.24, 2.45) is 5.16 Å². The van der Waals surface area contributed by atoms with E-state index in [1.165, 1.54) is 0 Å². The molecule has 0 bridgehead atoms. The minimum atomic E-state index is -1.28. The van der Waals surface area contributed by atoms with Gasteiger partial charge < -0.3 is 28.5 Å². The Hall–Kier alpha value is -4.63. The van der Waals surface area contributed by atoms with Gasteiger partial charge in [-0.25, -0.2) is 0 Å². The summed E-state index contributed by atoms with van der Waals surface area (Å²) in [5.41, 5.74) is 5.92. The van der Waals surface area contributed by atoms with Gasteiger partial charge in [0.25, 0.3) is 5.79 Å². The smallest absolute Gasteiger partial charge is 0.272 e. The molecule has 0 aromatic heterocycles. The molecule has 5 aromatic rings. The number of ether oxygens (including phenoxy) is 5. The molecule has 2 aliphatic heterocycles. The van der Waals surface area contributed by atoms with Crippen molar-refractivity contribution in [3.63, 3.8) is 0 Å². The molecule has 7 heteroatoms. The summed E-state index contributed by atoms with van der Waals surface area (Å²) in [7, 11) is 0. The zero-order valence-corrected chi connectivity index (χ0v) is 27.4. The van der Waals surface area contributed by atoms with Crippen LogP contribution in [0.3, 0.4) is 0 Å². The maximum Gasteiger partial charge on any atom is 0.272 e. The quantitative estimate of drug-likeness (QED) is 0.121. The van der Waals surface area contributed by atoms with Crippen LogP contribution in [0.2, 0.25) is 0 Å². The number of nitrogens with zero attached hydrogens (tertiary/aromatic N) is 1. The lowest BCUT2D eigenvalue weighted by Crippen LogP contribution is -2.67. The predicted octanol–water partition coefficient (Wildman–Crippen LogP) is 7.88. The Bertz CT molecular complexity index is 1740. The largest absolute Gasteiger partial charge is 0.374 e. The summed E-state index contributed by atoms with van der Waals surface area (Å²) in [4.78, 5) is 6.39. The highest BCUT2D eigenvalue weighted by molar-refractivity contribution is 6.01. The van der Waals surface area contributed by atoms with Crippen molar-refractivity contribution < 1.29 is 28.5 Å². The van der Waals surface area contributed by atoms with Crippen LogP contribution in [0, 0.1) is 0 Å². The van der Waals surface area contributed by atoms with Crippen LogP contribution in [0.1, 0.15) is 34.2 Å². The van der Waals surface area contributed by atoms with E-state index >= 15 is 0 Å². The average Bonchev–Trinajstić information content (AvgIpc) is 3.59. The third-order valence-electron chi connectivity index (χ3n) is 8.84. The summed E-state index contributed by atoms with van der Waals surface area (Å²) < 4.78 is 33.8. The van der Waals surface area contributed by atoms with Gasteiger partial charge in [0.1, 0.15) is 18.3 Å². The summed E-state index contributed by atoms with van der Waals surface area (Å²) >= 11 is 0. The van der Waals surface area contributed by atoms with Gasteiger partial charge in [-0.2, -0.15) is 0 Å². The number of rotatable bonds is 14. The van der Waals surface area contributed by atoms with E-state index in [0.717, 1.165) is 33.5 Å². The second-order valence-corrected chi connectivity index (χ2v) is 12.4. The zero-order valence-electron chi connectivity index (χ0n) is 27.4. The molecule has 0 amide bonds. The molecule has 0 aliphatic carbocycles. The Labute approximate surface area is 288 Å². The Kier molecular flexibility index (Phi) is 10.9. The Balaban J connectivity index is 1.23. The van der Waals surface area contributed by atoms with Crippen molar-refractivity contribution in [2.45, 2.75) is 63.1 Å². The molecule has 5 atom stereocenters. The summed E-state index contributed by atoms with van der Waals surface area (Å²) in [6.07, 6.45) is -2.06. The van der Waals surface area contributed by atoms with Crippen molar-refractivity contribution >= 4 is 5.71 Å². The second-order valence-electron chi connectivity index (χ2n) is 12.4. The Morgan fingerprint density at radius 3 is 1.51 bits per heavy atom. The lowest BCUT2D eigenvalue weighted by molar-refractivity contribution is -0.375. The molecular formula is C42H41NO6. The molecule has 1 saturated heterocycles. The summed E-state index contributed by atoms with van der Waals surface area (Å²) in [5, 5.41) is 4.60. The monoisotopic (exact) mass is 655 g/mol. The average molecular weight is 656 g/mol. The lowest BCUT2D eigenvalue weighted by atomic mass is 9.88. The van der Waals surface area contributed by atoms with Gasteiger partial charge in [-0.1, -0.05) is 157 Å². The van der Waals surface area contributed by atoms with E-state index in [2.05, 4.69) is 29.4 Å². The zero-order chi connectivity index (χ0) is 33.1. The van der Waals surface area contributed by atoms with Crippen LogP contribution in [0.15, 0.2) is 157 Å². The first-order chi connectivity index (χ1) is 24.3. The van der Waals surface area contributed by atoms with Gasteiger partial charge in [-0.15, -0.1) is 0 Å².